The number of hydrogen-bond donors (Lipinski definition) is 0. The Morgan fingerprint density at radius 3 is 1.38 bits per heavy atom. The van der Waals surface area contributed by atoms with Crippen LogP contribution in [0.4, 0.5) is 4.53 Å². The molecule has 0 aliphatic carbocycles. The van der Waals surface area contributed by atoms with E-state index in [0.29, 0.717) is 6.42 Å². The van der Waals surface area contributed by atoms with E-state index in [9.17, 15) is 12.9 Å². The van der Waals surface area contributed by atoms with Crippen molar-refractivity contribution < 1.29 is 21.8 Å². The zero-order valence-corrected chi connectivity index (χ0v) is 17.5. The maximum absolute atomic E-state index is 11.4. The smallest absolute Gasteiger partial charge is 0.297 e. The van der Waals surface area contributed by atoms with Crippen molar-refractivity contribution in [2.45, 2.75) is 86.0 Å². The molecule has 0 bridgehead atoms. The van der Waals surface area contributed by atoms with Crippen LogP contribution in [0.5, 0.6) is 0 Å². The van der Waals surface area contributed by atoms with E-state index < -0.39 is 10.1 Å². The number of unbranched alkanes of at least 4 members (excludes halogenated alkanes) is 7. The Hall–Kier alpha value is -0.200. The van der Waals surface area contributed by atoms with Crippen LogP contribution < -0.4 is 0 Å². The zero-order chi connectivity index (χ0) is 18.9. The highest BCUT2D eigenvalue weighted by Gasteiger charge is 2.16. The Morgan fingerprint density at radius 1 is 0.708 bits per heavy atom. The summed E-state index contributed by atoms with van der Waals surface area (Å²) in [6.07, 6.45) is 8.43. The first-order valence-electron chi connectivity index (χ1n) is 9.74. The normalized spacial score (nSPS) is 11.9. The fourth-order valence-corrected chi connectivity index (χ4v) is 3.41. The van der Waals surface area contributed by atoms with Crippen LogP contribution in [0.15, 0.2) is 0 Å². The molecule has 0 spiro atoms. The molecule has 0 saturated heterocycles. The second-order valence-corrected chi connectivity index (χ2v) is 8.06. The minimum absolute atomic E-state index is 0.210. The van der Waals surface area contributed by atoms with Crippen LogP contribution in [0.2, 0.25) is 0 Å². The van der Waals surface area contributed by atoms with Crippen molar-refractivity contribution in [1.82, 2.24) is 0 Å². The van der Waals surface area contributed by atoms with Gasteiger partial charge in [0.2, 0.25) is 0 Å². The van der Waals surface area contributed by atoms with Gasteiger partial charge in [-0.15, -0.1) is 0 Å². The van der Waals surface area contributed by atoms with Gasteiger partial charge in [0.05, 0.1) is 31.9 Å². The molecule has 0 fully saturated rings. The third-order valence-corrected chi connectivity index (χ3v) is 6.01. The van der Waals surface area contributed by atoms with Gasteiger partial charge < -0.3 is 4.48 Å². The van der Waals surface area contributed by atoms with E-state index in [0.717, 1.165) is 19.3 Å². The van der Waals surface area contributed by atoms with Gasteiger partial charge in [0.1, 0.15) is 0 Å². The van der Waals surface area contributed by atoms with Gasteiger partial charge in [-0.1, -0.05) is 56.3 Å². The maximum atomic E-state index is 11.4. The van der Waals surface area contributed by atoms with Crippen molar-refractivity contribution in [2.75, 3.05) is 31.9 Å². The third-order valence-electron chi connectivity index (χ3n) is 5.03. The predicted molar refractivity (Wildman–Crippen MR) is 101 cm³/mol. The van der Waals surface area contributed by atoms with Gasteiger partial charge in [0.15, 0.2) is 0 Å². The Kier molecular flexibility index (Phi) is 17.7. The first kappa shape index (κ1) is 26.0. The molecule has 0 amide bonds. The quantitative estimate of drug-likeness (QED) is 0.310. The van der Waals surface area contributed by atoms with Crippen molar-refractivity contribution in [2.24, 2.45) is 0 Å². The molecule has 0 saturated carbocycles. The second-order valence-electron chi connectivity index (χ2n) is 6.41. The minimum atomic E-state index is -3.89. The van der Waals surface area contributed by atoms with Gasteiger partial charge >= 0.3 is 0 Å². The Morgan fingerprint density at radius 2 is 1.08 bits per heavy atom. The highest BCUT2D eigenvalue weighted by atomic mass is 32.2. The summed E-state index contributed by atoms with van der Waals surface area (Å²) in [7, 11) is -3.89. The van der Waals surface area contributed by atoms with Gasteiger partial charge in [-0.05, 0) is 38.6 Å². The summed E-state index contributed by atoms with van der Waals surface area (Å²) in [5.74, 6) is -0.210. The fourth-order valence-electron chi connectivity index (χ4n) is 2.79. The van der Waals surface area contributed by atoms with Crippen molar-refractivity contribution >= 4 is 10.1 Å². The Bertz CT molecular complexity index is 340. The summed E-state index contributed by atoms with van der Waals surface area (Å²) in [4.78, 5) is 0. The topological polar surface area (TPSA) is 43.4 Å². The van der Waals surface area contributed by atoms with Crippen molar-refractivity contribution in [3.05, 3.63) is 0 Å². The Balaban J connectivity index is 0. The third kappa shape index (κ3) is 14.2. The summed E-state index contributed by atoms with van der Waals surface area (Å²) in [5.41, 5.74) is 0. The van der Waals surface area contributed by atoms with Gasteiger partial charge in [-0.2, -0.15) is 8.42 Å². The summed E-state index contributed by atoms with van der Waals surface area (Å²) in [6.45, 7) is 16.4. The summed E-state index contributed by atoms with van der Waals surface area (Å²) < 4.78 is 36.7. The lowest BCUT2D eigenvalue weighted by molar-refractivity contribution is -0.921. The number of halogens is 1. The maximum Gasteiger partial charge on any atom is 0.297 e. The van der Waals surface area contributed by atoms with Crippen LogP contribution in [0, 0.1) is 0 Å². The van der Waals surface area contributed by atoms with Gasteiger partial charge in [-0.25, -0.2) is 0 Å². The van der Waals surface area contributed by atoms with Crippen molar-refractivity contribution in [1.29, 1.82) is 0 Å². The molecular formula is C18H41FNO3S+. The van der Waals surface area contributed by atoms with Crippen molar-refractivity contribution in [3.63, 3.8) is 0 Å². The lowest BCUT2D eigenvalue weighted by Gasteiger charge is -2.34. The molecule has 24 heavy (non-hydrogen) atoms. The molecule has 0 unspecified atom stereocenters. The highest BCUT2D eigenvalue weighted by Crippen LogP contribution is 2.09. The highest BCUT2D eigenvalue weighted by molar-refractivity contribution is 7.86. The number of quaternary nitrogens is 1. The van der Waals surface area contributed by atoms with Crippen LogP contribution in [0.25, 0.3) is 0 Å². The van der Waals surface area contributed by atoms with E-state index in [1.807, 2.05) is 0 Å². The first-order chi connectivity index (χ1) is 11.4. The molecule has 0 aliphatic rings. The van der Waals surface area contributed by atoms with Gasteiger partial charge in [0.25, 0.3) is 10.1 Å². The number of nitrogens with zero attached hydrogens (tertiary/aromatic N) is 1. The first-order valence-corrected chi connectivity index (χ1v) is 11.3. The molecule has 0 aromatic heterocycles. The largest absolute Gasteiger partial charge is 0.325 e. The predicted octanol–water partition coefficient (Wildman–Crippen LogP) is 5.24. The molecule has 148 valence electrons. The number of hydrogen-bond acceptors (Lipinski definition) is 3. The molecule has 0 radical (unpaired) electrons. The van der Waals surface area contributed by atoms with E-state index in [4.69, 9.17) is 0 Å². The molecule has 6 heteroatoms. The van der Waals surface area contributed by atoms with Crippen LogP contribution in [-0.4, -0.2) is 44.8 Å². The molecule has 0 atom stereocenters. The zero-order valence-electron chi connectivity index (χ0n) is 16.7. The van der Waals surface area contributed by atoms with Crippen molar-refractivity contribution in [3.8, 4) is 0 Å². The number of rotatable bonds is 14. The van der Waals surface area contributed by atoms with E-state index >= 15 is 0 Å². The van der Waals surface area contributed by atoms with Gasteiger partial charge in [-0.3, -0.25) is 0 Å². The molecule has 4 nitrogen and oxygen atoms in total. The molecular weight excluding hydrogens is 329 g/mol. The molecule has 0 aliphatic heterocycles. The Labute approximate surface area is 150 Å². The average Bonchev–Trinajstić information content (AvgIpc) is 2.60. The summed E-state index contributed by atoms with van der Waals surface area (Å²) in [6, 6.07) is 0. The van der Waals surface area contributed by atoms with E-state index in [-0.39, 0.29) is 5.75 Å². The lowest BCUT2D eigenvalue weighted by atomic mass is 10.1. The van der Waals surface area contributed by atoms with Crippen LogP contribution in [0.1, 0.15) is 86.0 Å². The van der Waals surface area contributed by atoms with Gasteiger partial charge in [0, 0.05) is 0 Å². The van der Waals surface area contributed by atoms with Crippen LogP contribution in [0.3, 0.4) is 0 Å². The molecule has 0 aromatic rings. The van der Waals surface area contributed by atoms with Crippen LogP contribution in [-0.2, 0) is 14.5 Å². The lowest BCUT2D eigenvalue weighted by Crippen LogP contribution is -2.47. The second kappa shape index (κ2) is 16.3. The van der Waals surface area contributed by atoms with Crippen LogP contribution >= 0.6 is 0 Å². The molecule has 0 N–H and O–H groups in total. The summed E-state index contributed by atoms with van der Waals surface area (Å²) >= 11 is 0. The standard InChI is InChI=1S/C10H21FO3S.C8H20N/c1-2-3-4-5-6-7-8-9-10-15(12,13)14-11;1-5-9(6-2,7-3)8-4/h2-10H2,1H3;5-8H2,1-4H3/q;+1. The monoisotopic (exact) mass is 370 g/mol. The van der Waals surface area contributed by atoms with E-state index in [1.54, 1.807) is 0 Å². The minimum Gasteiger partial charge on any atom is -0.325 e. The molecule has 0 heterocycles. The SMILES string of the molecule is CCCCCCCCCCS(=O)(=O)OF.CC[N+](CC)(CC)CC. The summed E-state index contributed by atoms with van der Waals surface area (Å²) in [5, 5.41) is 0. The van der Waals surface area contributed by atoms with E-state index in [2.05, 4.69) is 39.0 Å². The fraction of sp³-hybridized carbons (Fsp3) is 1.00. The average molecular weight is 371 g/mol. The van der Waals surface area contributed by atoms with E-state index in [1.165, 1.54) is 56.3 Å². The molecule has 0 aromatic carbocycles. The molecule has 0 rings (SSSR count).